The fourth-order valence-corrected chi connectivity index (χ4v) is 10.7. The first-order valence-corrected chi connectivity index (χ1v) is 30.8. The zero-order valence-corrected chi connectivity index (χ0v) is 52.2. The molecule has 2 aliphatic rings. The van der Waals surface area contributed by atoms with Crippen molar-refractivity contribution in [2.24, 2.45) is 11.1 Å². The molecule has 7 rings (SSSR count). The number of aromatic nitrogens is 4. The topological polar surface area (TPSA) is 299 Å². The largest absolute Gasteiger partial charge is 0.573 e. The molecule has 496 valence electrons. The van der Waals surface area contributed by atoms with Gasteiger partial charge in [0, 0.05) is 69.9 Å². The number of likely N-dealkylation sites (tertiary alicyclic amines) is 2. The number of benzene rings is 2. The van der Waals surface area contributed by atoms with Gasteiger partial charge < -0.3 is 74.3 Å². The Balaban J connectivity index is 0.664. The molecule has 2 fully saturated rings. The number of alkyl halides is 4. The first-order valence-electron chi connectivity index (χ1n) is 30.0. The minimum absolute atomic E-state index is 0.00741. The number of aliphatic hydroxyl groups is 1. The normalized spacial score (nSPS) is 17.2. The predicted molar refractivity (Wildman–Crippen MR) is 324 cm³/mol. The van der Waals surface area contributed by atoms with Crippen LogP contribution in [0.1, 0.15) is 80.1 Å². The number of ether oxygens (including phenoxy) is 7. The number of amides is 6. The van der Waals surface area contributed by atoms with Crippen molar-refractivity contribution in [2.75, 3.05) is 92.2 Å². The van der Waals surface area contributed by atoms with Crippen LogP contribution >= 0.6 is 11.3 Å². The second-order valence-corrected chi connectivity index (χ2v) is 23.7. The number of β-amino-alcohol motifs (C(OH)–C–C–N with tert-alkyl or cyclic N) is 1. The third kappa shape index (κ3) is 22.9. The molecule has 6 amide bonds. The summed E-state index contributed by atoms with van der Waals surface area (Å²) < 4.78 is 92.0. The molecule has 29 heteroatoms. The van der Waals surface area contributed by atoms with E-state index in [4.69, 9.17) is 34.2 Å². The molecule has 3 aromatic heterocycles. The molecule has 24 nitrogen and oxygen atoms in total. The summed E-state index contributed by atoms with van der Waals surface area (Å²) in [6.07, 6.45) is -2.27. The summed E-state index contributed by atoms with van der Waals surface area (Å²) in [6, 6.07) is 12.3. The molecule has 2 aromatic carbocycles. The van der Waals surface area contributed by atoms with E-state index < -0.39 is 71.6 Å². The van der Waals surface area contributed by atoms with Gasteiger partial charge in [-0.3, -0.25) is 28.8 Å². The molecule has 0 radical (unpaired) electrons. The number of primary amides is 1. The fraction of sp³-hybridized carbons (Fsp3) is 0.532. The molecule has 2 aliphatic heterocycles. The Morgan fingerprint density at radius 3 is 2.09 bits per heavy atom. The third-order valence-corrected chi connectivity index (χ3v) is 15.7. The van der Waals surface area contributed by atoms with Gasteiger partial charge in [-0.05, 0) is 60.1 Å². The van der Waals surface area contributed by atoms with Gasteiger partial charge in [0.05, 0.1) is 107 Å². The van der Waals surface area contributed by atoms with Gasteiger partial charge in [-0.1, -0.05) is 57.2 Å². The minimum atomic E-state index is -4.85. The molecule has 6 N–H and O–H groups in total. The molecule has 5 atom stereocenters. The fourth-order valence-electron chi connectivity index (χ4n) is 9.90. The molecule has 0 bridgehead atoms. The van der Waals surface area contributed by atoms with E-state index in [1.165, 1.54) is 34.2 Å². The molecule has 5 aromatic rings. The maximum absolute atomic E-state index is 15.4. The lowest BCUT2D eigenvalue weighted by Crippen LogP contribution is -2.57. The van der Waals surface area contributed by atoms with Crippen LogP contribution in [0.5, 0.6) is 11.6 Å². The molecule has 5 heterocycles. The smallest absolute Gasteiger partial charge is 0.471 e. The maximum Gasteiger partial charge on any atom is 0.573 e. The Labute approximate surface area is 528 Å². The maximum atomic E-state index is 15.4. The van der Waals surface area contributed by atoms with E-state index in [9.17, 15) is 47.0 Å². The summed E-state index contributed by atoms with van der Waals surface area (Å²) in [7, 11) is 0. The van der Waals surface area contributed by atoms with E-state index in [2.05, 4.69) is 35.6 Å². The minimum Gasteiger partial charge on any atom is -0.471 e. The number of unbranched alkanes of at least 4 members (excludes halogenated alkanes) is 1. The van der Waals surface area contributed by atoms with E-state index in [1.54, 1.807) is 29.4 Å². The van der Waals surface area contributed by atoms with Crippen molar-refractivity contribution in [1.29, 1.82) is 0 Å². The number of nitrogens with zero attached hydrogens (tertiary/aromatic N) is 6. The number of piperidine rings is 1. The lowest BCUT2D eigenvalue weighted by atomic mass is 9.85. The van der Waals surface area contributed by atoms with Gasteiger partial charge in [-0.2, -0.15) is 0 Å². The van der Waals surface area contributed by atoms with Crippen LogP contribution < -0.4 is 31.2 Å². The summed E-state index contributed by atoms with van der Waals surface area (Å²) >= 11 is 1.56. The molecule has 0 spiro atoms. The van der Waals surface area contributed by atoms with E-state index in [-0.39, 0.29) is 115 Å². The first kappa shape index (κ1) is 70.8. The van der Waals surface area contributed by atoms with Crippen molar-refractivity contribution in [3.05, 3.63) is 101 Å². The number of hydrogen-bond acceptors (Lipinski definition) is 18. The number of halogens is 4. The van der Waals surface area contributed by atoms with Gasteiger partial charge in [0.2, 0.25) is 35.4 Å². The molecular formula is C62H80F4N10O14S. The summed E-state index contributed by atoms with van der Waals surface area (Å²) in [5.41, 5.74) is 10.9. The first-order chi connectivity index (χ1) is 43.5. The second-order valence-electron chi connectivity index (χ2n) is 22.9. The van der Waals surface area contributed by atoms with Crippen molar-refractivity contribution < 1.29 is 84.6 Å². The summed E-state index contributed by atoms with van der Waals surface area (Å²) in [5, 5.41) is 19.1. The number of rotatable bonds is 35. The second kappa shape index (κ2) is 34.7. The standard InChI is InChI=1S/C62H80F4N10O14S/c1-40-55(91-39-72-40)43-11-7-42(8-12-43)32-69-58(82)50-31-45(77)34-76(50)60(83)56(61(2,3)4)73-52(78)16-20-84-21-22-85-23-24-86-25-26-87-27-28-88-37-53(79)68-17-5-6-18-74-36-49(71-38-74)44-30-47(57(67)81)59(70-33-44)89-51-15-19-75(35-48(51)63)54(80)29-41-9-13-46(14-10-41)90-62(64,65)66/h7-14,30,33,36,38-39,45,48,50-51,56,77H,5-6,15-29,31-32,34-35,37H2,1-4H3,(H2,67,81)(H,68,79)(H,69,82)(H,73,78)/t45-,48-,50+,51-,56-/m1/s1. The van der Waals surface area contributed by atoms with Crippen molar-refractivity contribution in [3.63, 3.8) is 0 Å². The highest BCUT2D eigenvalue weighted by molar-refractivity contribution is 7.13. The molecule has 91 heavy (non-hydrogen) atoms. The predicted octanol–water partition coefficient (Wildman–Crippen LogP) is 5.11. The van der Waals surface area contributed by atoms with Crippen molar-refractivity contribution in [2.45, 2.75) is 116 Å². The quantitative estimate of drug-likeness (QED) is 0.0260. The zero-order valence-electron chi connectivity index (χ0n) is 51.4. The molecule has 0 unspecified atom stereocenters. The van der Waals surface area contributed by atoms with Gasteiger partial charge in [0.1, 0.15) is 36.1 Å². The number of nitrogens with two attached hydrogens (primary N) is 1. The van der Waals surface area contributed by atoms with E-state index in [0.29, 0.717) is 69.2 Å². The average molecular weight is 1300 g/mol. The molecule has 2 saturated heterocycles. The number of aliphatic hydroxyl groups excluding tert-OH is 1. The van der Waals surface area contributed by atoms with E-state index >= 15 is 4.39 Å². The van der Waals surface area contributed by atoms with Crippen LogP contribution in [-0.2, 0) is 67.2 Å². The SMILES string of the molecule is Cc1ncsc1-c1ccc(CNC(=O)[C@@H]2C[C@@H](O)CN2C(=O)[C@@H](NC(=O)CCOCCOCCOCCOCCOCC(=O)NCCCCn2cnc(-c3cnc(O[C@@H]4CCN(C(=O)Cc5ccc(OC(F)(F)F)cc5)C[C@H]4F)c(C(N)=O)c3)c2)C(C)(C)C)cc1. The monoisotopic (exact) mass is 1300 g/mol. The van der Waals surface area contributed by atoms with Crippen LogP contribution in [0.3, 0.4) is 0 Å². The van der Waals surface area contributed by atoms with Crippen LogP contribution in [0, 0.1) is 12.3 Å². The highest BCUT2D eigenvalue weighted by Gasteiger charge is 2.44. The Bertz CT molecular complexity index is 3170. The average Bonchev–Trinajstić information content (AvgIpc) is 1.81. The Morgan fingerprint density at radius 1 is 0.802 bits per heavy atom. The third-order valence-electron chi connectivity index (χ3n) is 14.7. The number of carbonyl (C=O) groups excluding carboxylic acids is 6. The van der Waals surface area contributed by atoms with Crippen LogP contribution in [0.4, 0.5) is 17.6 Å². The van der Waals surface area contributed by atoms with E-state index in [0.717, 1.165) is 33.8 Å². The van der Waals surface area contributed by atoms with Gasteiger partial charge in [-0.25, -0.2) is 19.3 Å². The zero-order chi connectivity index (χ0) is 65.5. The van der Waals surface area contributed by atoms with Crippen LogP contribution in [0.25, 0.3) is 21.7 Å². The Kier molecular flexibility index (Phi) is 27.0. The van der Waals surface area contributed by atoms with E-state index in [1.807, 2.05) is 56.5 Å². The number of imidazole rings is 1. The van der Waals surface area contributed by atoms with Gasteiger partial charge in [0.15, 0.2) is 6.17 Å². The number of nitrogens with one attached hydrogen (secondary N) is 3. The molecule has 0 aliphatic carbocycles. The number of aryl methyl sites for hydroxylation is 2. The van der Waals surface area contributed by atoms with Gasteiger partial charge >= 0.3 is 6.36 Å². The Hall–Kier alpha value is -7.67. The molecular weight excluding hydrogens is 1220 g/mol. The van der Waals surface area contributed by atoms with Crippen molar-refractivity contribution in [1.82, 2.24) is 45.3 Å². The van der Waals surface area contributed by atoms with Crippen molar-refractivity contribution >= 4 is 46.8 Å². The number of carbonyl (C=O) groups is 6. The summed E-state index contributed by atoms with van der Waals surface area (Å²) in [5.74, 6) is -3.37. The van der Waals surface area contributed by atoms with Crippen LogP contribution in [-0.4, -0.2) is 199 Å². The highest BCUT2D eigenvalue weighted by atomic mass is 32.1. The molecule has 0 saturated carbocycles. The summed E-state index contributed by atoms with van der Waals surface area (Å²) in [6.45, 7) is 10.6. The van der Waals surface area contributed by atoms with Crippen LogP contribution in [0.2, 0.25) is 0 Å². The highest BCUT2D eigenvalue weighted by Crippen LogP contribution is 2.31. The van der Waals surface area contributed by atoms with Gasteiger partial charge in [0.25, 0.3) is 5.91 Å². The number of hydrogen-bond donors (Lipinski definition) is 5. The van der Waals surface area contributed by atoms with Crippen LogP contribution in [0.15, 0.2) is 78.8 Å². The number of thiazole rings is 1. The summed E-state index contributed by atoms with van der Waals surface area (Å²) in [4.78, 5) is 94.8. The lowest BCUT2D eigenvalue weighted by Gasteiger charge is -2.35. The Morgan fingerprint density at radius 2 is 1.46 bits per heavy atom. The van der Waals surface area contributed by atoms with Crippen molar-refractivity contribution in [3.8, 4) is 33.3 Å². The lowest BCUT2D eigenvalue weighted by molar-refractivity contribution is -0.274. The van der Waals surface area contributed by atoms with Gasteiger partial charge in [-0.15, -0.1) is 24.5 Å². The number of pyridine rings is 1.